The van der Waals surface area contributed by atoms with E-state index in [0.717, 1.165) is 25.0 Å². The molecule has 1 aliphatic heterocycles. The van der Waals surface area contributed by atoms with Crippen molar-refractivity contribution in [2.75, 3.05) is 0 Å². The number of rotatable bonds is 0. The van der Waals surface area contributed by atoms with Gasteiger partial charge in [0.15, 0.2) is 0 Å². The van der Waals surface area contributed by atoms with E-state index >= 15 is 0 Å². The van der Waals surface area contributed by atoms with E-state index in [2.05, 4.69) is 26.8 Å². The third-order valence-corrected chi connectivity index (χ3v) is 4.98. The van der Waals surface area contributed by atoms with E-state index in [4.69, 9.17) is 4.74 Å². The fourth-order valence-corrected chi connectivity index (χ4v) is 3.49. The molecule has 2 rings (SSSR count). The molecule has 0 aromatic carbocycles. The number of fused-ring (bicyclic) bond motifs is 2. The Morgan fingerprint density at radius 3 is 2.50 bits per heavy atom. The standard InChI is InChI=1S/C14H24O2/c1-10-9-13(4)11(15)14(5,16-10)8-6-7-12(13,2)3/h9,11,15H,6-8H2,1-5H3. The van der Waals surface area contributed by atoms with Crippen LogP contribution in [0.25, 0.3) is 0 Å². The van der Waals surface area contributed by atoms with Gasteiger partial charge >= 0.3 is 0 Å². The normalized spacial score (nSPS) is 46.6. The zero-order valence-electron chi connectivity index (χ0n) is 11.1. The third kappa shape index (κ3) is 1.42. The summed E-state index contributed by atoms with van der Waals surface area (Å²) in [7, 11) is 0. The fourth-order valence-electron chi connectivity index (χ4n) is 3.49. The highest BCUT2D eigenvalue weighted by Crippen LogP contribution is 2.56. The summed E-state index contributed by atoms with van der Waals surface area (Å²) < 4.78 is 5.91. The zero-order valence-corrected chi connectivity index (χ0v) is 11.1. The molecule has 2 nitrogen and oxygen atoms in total. The molecule has 3 unspecified atom stereocenters. The van der Waals surface area contributed by atoms with Crippen LogP contribution in [0.4, 0.5) is 0 Å². The first kappa shape index (κ1) is 12.0. The minimum atomic E-state index is -0.416. The summed E-state index contributed by atoms with van der Waals surface area (Å²) in [4.78, 5) is 0. The molecule has 0 amide bonds. The smallest absolute Gasteiger partial charge is 0.132 e. The summed E-state index contributed by atoms with van der Waals surface area (Å²) in [5, 5.41) is 10.7. The van der Waals surface area contributed by atoms with Crippen molar-refractivity contribution in [1.82, 2.24) is 0 Å². The van der Waals surface area contributed by atoms with E-state index in [1.807, 2.05) is 13.8 Å². The zero-order chi connectivity index (χ0) is 12.2. The molecule has 0 spiro atoms. The van der Waals surface area contributed by atoms with Gasteiger partial charge in [-0.05, 0) is 44.6 Å². The minimum absolute atomic E-state index is 0.120. The quantitative estimate of drug-likeness (QED) is 0.684. The first-order chi connectivity index (χ1) is 7.21. The van der Waals surface area contributed by atoms with Crippen molar-refractivity contribution < 1.29 is 9.84 Å². The number of allylic oxidation sites excluding steroid dienone is 1. The highest BCUT2D eigenvalue weighted by atomic mass is 16.5. The number of aliphatic hydroxyl groups excluding tert-OH is 1. The topological polar surface area (TPSA) is 29.5 Å². The Labute approximate surface area is 98.7 Å². The van der Waals surface area contributed by atoms with Crippen LogP contribution in [0.15, 0.2) is 11.8 Å². The molecule has 2 heteroatoms. The first-order valence-corrected chi connectivity index (χ1v) is 6.28. The molecule has 1 aliphatic carbocycles. The van der Waals surface area contributed by atoms with E-state index in [1.54, 1.807) is 0 Å². The molecule has 1 saturated carbocycles. The van der Waals surface area contributed by atoms with Gasteiger partial charge in [0.2, 0.25) is 0 Å². The van der Waals surface area contributed by atoms with E-state index in [-0.39, 0.29) is 10.8 Å². The molecule has 2 aliphatic rings. The SMILES string of the molecule is CC1=CC2(C)C(O)C(C)(CCCC2(C)C)O1. The molecule has 1 N–H and O–H groups in total. The molecule has 1 fully saturated rings. The summed E-state index contributed by atoms with van der Waals surface area (Å²) >= 11 is 0. The highest BCUT2D eigenvalue weighted by molar-refractivity contribution is 5.20. The summed E-state index contributed by atoms with van der Waals surface area (Å²) in [5.41, 5.74) is -0.461. The van der Waals surface area contributed by atoms with Gasteiger partial charge in [-0.1, -0.05) is 20.8 Å². The summed E-state index contributed by atoms with van der Waals surface area (Å²) in [6.45, 7) is 10.7. The van der Waals surface area contributed by atoms with Crippen LogP contribution in [0, 0.1) is 10.8 Å². The van der Waals surface area contributed by atoms with Gasteiger partial charge in [0, 0.05) is 5.41 Å². The Hall–Kier alpha value is -0.500. The van der Waals surface area contributed by atoms with E-state index < -0.39 is 11.7 Å². The van der Waals surface area contributed by atoms with Gasteiger partial charge in [-0.25, -0.2) is 0 Å². The van der Waals surface area contributed by atoms with Gasteiger partial charge in [-0.3, -0.25) is 0 Å². The van der Waals surface area contributed by atoms with Gasteiger partial charge in [-0.15, -0.1) is 0 Å². The lowest BCUT2D eigenvalue weighted by Crippen LogP contribution is -2.56. The number of ether oxygens (including phenoxy) is 1. The van der Waals surface area contributed by atoms with Crippen molar-refractivity contribution in [3.8, 4) is 0 Å². The van der Waals surface area contributed by atoms with Crippen LogP contribution in [0.5, 0.6) is 0 Å². The van der Waals surface area contributed by atoms with Crippen molar-refractivity contribution >= 4 is 0 Å². The molecular formula is C14H24O2. The largest absolute Gasteiger partial charge is 0.490 e. The highest BCUT2D eigenvalue weighted by Gasteiger charge is 2.57. The van der Waals surface area contributed by atoms with Crippen molar-refractivity contribution in [1.29, 1.82) is 0 Å². The average molecular weight is 224 g/mol. The molecule has 2 bridgehead atoms. The molecule has 92 valence electrons. The molecule has 0 saturated heterocycles. The second kappa shape index (κ2) is 3.25. The van der Waals surface area contributed by atoms with Crippen molar-refractivity contribution in [2.24, 2.45) is 10.8 Å². The lowest BCUT2D eigenvalue weighted by atomic mass is 9.60. The van der Waals surface area contributed by atoms with Crippen LogP contribution in [0.2, 0.25) is 0 Å². The van der Waals surface area contributed by atoms with Gasteiger partial charge in [0.25, 0.3) is 0 Å². The number of hydrogen-bond acceptors (Lipinski definition) is 2. The summed E-state index contributed by atoms with van der Waals surface area (Å²) in [6.07, 6.45) is 4.92. The Morgan fingerprint density at radius 1 is 1.25 bits per heavy atom. The maximum atomic E-state index is 10.7. The van der Waals surface area contributed by atoms with Gasteiger partial charge < -0.3 is 9.84 Å². The van der Waals surface area contributed by atoms with Crippen molar-refractivity contribution in [3.05, 3.63) is 11.8 Å². The average Bonchev–Trinajstić information content (AvgIpc) is 2.17. The lowest BCUT2D eigenvalue weighted by Gasteiger charge is -2.52. The number of aliphatic hydroxyl groups is 1. The maximum absolute atomic E-state index is 10.7. The van der Waals surface area contributed by atoms with Crippen LogP contribution < -0.4 is 0 Å². The Bertz CT molecular complexity index is 332. The maximum Gasteiger partial charge on any atom is 0.132 e. The number of hydrogen-bond donors (Lipinski definition) is 1. The van der Waals surface area contributed by atoms with Gasteiger partial charge in [-0.2, -0.15) is 0 Å². The Kier molecular flexibility index (Phi) is 2.43. The Balaban J connectivity index is 2.56. The molecule has 1 heterocycles. The van der Waals surface area contributed by atoms with Gasteiger partial charge in [0.1, 0.15) is 11.7 Å². The summed E-state index contributed by atoms with van der Waals surface area (Å²) in [5.74, 6) is 0.963. The molecule has 3 atom stereocenters. The molecule has 0 radical (unpaired) electrons. The molecule has 0 aromatic rings. The van der Waals surface area contributed by atoms with E-state index in [1.165, 1.54) is 0 Å². The lowest BCUT2D eigenvalue weighted by molar-refractivity contribution is -0.157. The third-order valence-electron chi connectivity index (χ3n) is 4.98. The Morgan fingerprint density at radius 2 is 1.88 bits per heavy atom. The van der Waals surface area contributed by atoms with Gasteiger partial charge in [0.05, 0.1) is 5.76 Å². The van der Waals surface area contributed by atoms with Crippen molar-refractivity contribution in [3.63, 3.8) is 0 Å². The van der Waals surface area contributed by atoms with Crippen molar-refractivity contribution in [2.45, 2.75) is 65.6 Å². The predicted molar refractivity (Wildman–Crippen MR) is 65.0 cm³/mol. The van der Waals surface area contributed by atoms with Crippen LogP contribution in [-0.4, -0.2) is 16.8 Å². The minimum Gasteiger partial charge on any atom is -0.490 e. The van der Waals surface area contributed by atoms with E-state index in [9.17, 15) is 5.11 Å². The van der Waals surface area contributed by atoms with Crippen LogP contribution >= 0.6 is 0 Å². The van der Waals surface area contributed by atoms with Crippen LogP contribution in [-0.2, 0) is 4.74 Å². The van der Waals surface area contributed by atoms with Crippen LogP contribution in [0.1, 0.15) is 53.9 Å². The second-order valence-electron chi connectivity index (χ2n) is 6.59. The second-order valence-corrected chi connectivity index (χ2v) is 6.59. The van der Waals surface area contributed by atoms with Crippen LogP contribution in [0.3, 0.4) is 0 Å². The monoisotopic (exact) mass is 224 g/mol. The predicted octanol–water partition coefficient (Wildman–Crippen LogP) is 3.26. The summed E-state index contributed by atoms with van der Waals surface area (Å²) in [6, 6.07) is 0. The van der Waals surface area contributed by atoms with E-state index in [0.29, 0.717) is 0 Å². The molecule has 16 heavy (non-hydrogen) atoms. The first-order valence-electron chi connectivity index (χ1n) is 6.28. The molecule has 0 aromatic heterocycles. The molecular weight excluding hydrogens is 200 g/mol. The fraction of sp³-hybridized carbons (Fsp3) is 0.857.